The van der Waals surface area contributed by atoms with Gasteiger partial charge in [0.2, 0.25) is 5.91 Å². The number of nitrogens with zero attached hydrogens (tertiary/aromatic N) is 4. The van der Waals surface area contributed by atoms with E-state index in [2.05, 4.69) is 4.90 Å². The molecule has 2 aromatic rings. The molecule has 2 fully saturated rings. The minimum atomic E-state index is -0.377. The van der Waals surface area contributed by atoms with Gasteiger partial charge >= 0.3 is 0 Å². The molecule has 2 aliphatic heterocycles. The quantitative estimate of drug-likeness (QED) is 0.487. The number of halogens is 1. The molecule has 0 radical (unpaired) electrons. The van der Waals surface area contributed by atoms with Crippen LogP contribution in [-0.2, 0) is 14.3 Å². The number of benzene rings is 2. The van der Waals surface area contributed by atoms with Gasteiger partial charge in [0.25, 0.3) is 5.91 Å². The standard InChI is InChI=1S/C30H37FN4O4/c1-38-26-12-8-22(9-13-26)27-20-28(23-6-10-25(31)11-7-23)35(32-27)29(36)21-34(30(37)24-4-2-3-5-24)15-14-33-16-18-39-19-17-33/h6-13,24,28H,2-5,14-21H2,1H3/t28-/m0/s1. The summed E-state index contributed by atoms with van der Waals surface area (Å²) in [7, 11) is 1.62. The van der Waals surface area contributed by atoms with Crippen LogP contribution in [0.3, 0.4) is 0 Å². The molecular formula is C30H37FN4O4. The molecule has 208 valence electrons. The number of rotatable bonds is 9. The number of methoxy groups -OCH3 is 1. The van der Waals surface area contributed by atoms with Crippen LogP contribution < -0.4 is 4.74 Å². The molecule has 2 amide bonds. The molecular weight excluding hydrogens is 499 g/mol. The highest BCUT2D eigenvalue weighted by atomic mass is 19.1. The number of amides is 2. The lowest BCUT2D eigenvalue weighted by atomic mass is 9.98. The van der Waals surface area contributed by atoms with Crippen molar-refractivity contribution in [2.24, 2.45) is 11.0 Å². The van der Waals surface area contributed by atoms with Crippen molar-refractivity contribution in [3.8, 4) is 5.75 Å². The molecule has 3 aliphatic rings. The summed E-state index contributed by atoms with van der Waals surface area (Å²) in [5.41, 5.74) is 2.46. The zero-order valence-electron chi connectivity index (χ0n) is 22.6. The maximum Gasteiger partial charge on any atom is 0.262 e. The van der Waals surface area contributed by atoms with E-state index >= 15 is 0 Å². The number of ether oxygens (including phenoxy) is 2. The third kappa shape index (κ3) is 6.65. The second-order valence-electron chi connectivity index (χ2n) is 10.5. The van der Waals surface area contributed by atoms with Crippen LogP contribution in [0.4, 0.5) is 4.39 Å². The third-order valence-corrected chi connectivity index (χ3v) is 7.98. The minimum Gasteiger partial charge on any atom is -0.497 e. The molecule has 1 saturated carbocycles. The Morgan fingerprint density at radius 1 is 1.05 bits per heavy atom. The van der Waals surface area contributed by atoms with Gasteiger partial charge in [-0.15, -0.1) is 0 Å². The van der Waals surface area contributed by atoms with E-state index in [0.29, 0.717) is 32.7 Å². The fourth-order valence-electron chi connectivity index (χ4n) is 5.66. The lowest BCUT2D eigenvalue weighted by molar-refractivity contribution is -0.144. The van der Waals surface area contributed by atoms with E-state index in [1.807, 2.05) is 24.3 Å². The van der Waals surface area contributed by atoms with Crippen molar-refractivity contribution in [1.29, 1.82) is 0 Å². The summed E-state index contributed by atoms with van der Waals surface area (Å²) in [6, 6.07) is 13.4. The van der Waals surface area contributed by atoms with Crippen LogP contribution in [0.5, 0.6) is 5.75 Å². The van der Waals surface area contributed by atoms with Crippen LogP contribution in [-0.4, -0.2) is 85.4 Å². The van der Waals surface area contributed by atoms with Crippen molar-refractivity contribution in [1.82, 2.24) is 14.8 Å². The molecule has 0 bridgehead atoms. The molecule has 1 saturated heterocycles. The monoisotopic (exact) mass is 536 g/mol. The Morgan fingerprint density at radius 3 is 2.41 bits per heavy atom. The number of hydrogen-bond acceptors (Lipinski definition) is 6. The van der Waals surface area contributed by atoms with Crippen LogP contribution in [0.1, 0.15) is 49.3 Å². The summed E-state index contributed by atoms with van der Waals surface area (Å²) in [6.07, 6.45) is 4.35. The fourth-order valence-corrected chi connectivity index (χ4v) is 5.66. The molecule has 0 N–H and O–H groups in total. The van der Waals surface area contributed by atoms with Crippen molar-refractivity contribution < 1.29 is 23.5 Å². The SMILES string of the molecule is COc1ccc(C2=NN(C(=O)CN(CCN3CCOCC3)C(=O)C3CCCC3)[C@H](c3ccc(F)cc3)C2)cc1. The molecule has 1 aliphatic carbocycles. The Labute approximate surface area is 229 Å². The van der Waals surface area contributed by atoms with Crippen molar-refractivity contribution >= 4 is 17.5 Å². The minimum absolute atomic E-state index is 0.0210. The van der Waals surface area contributed by atoms with Crippen LogP contribution in [0.2, 0.25) is 0 Å². The van der Waals surface area contributed by atoms with Crippen LogP contribution >= 0.6 is 0 Å². The van der Waals surface area contributed by atoms with Gasteiger partial charge in [-0.05, 0) is 60.4 Å². The first-order valence-corrected chi connectivity index (χ1v) is 13.9. The zero-order valence-corrected chi connectivity index (χ0v) is 22.6. The molecule has 1 atom stereocenters. The maximum atomic E-state index is 13.9. The van der Waals surface area contributed by atoms with Crippen molar-refractivity contribution in [2.75, 3.05) is 53.0 Å². The van der Waals surface area contributed by atoms with Gasteiger partial charge in [0.1, 0.15) is 18.1 Å². The average molecular weight is 537 g/mol. The van der Waals surface area contributed by atoms with Gasteiger partial charge in [-0.25, -0.2) is 9.40 Å². The first kappa shape index (κ1) is 27.3. The summed E-state index contributed by atoms with van der Waals surface area (Å²) < 4.78 is 24.5. The number of hydrazone groups is 1. The Kier molecular flexibility index (Phi) is 8.88. The van der Waals surface area contributed by atoms with Gasteiger partial charge in [0, 0.05) is 38.5 Å². The normalized spacial score (nSPS) is 20.2. The average Bonchev–Trinajstić information content (AvgIpc) is 3.67. The van der Waals surface area contributed by atoms with Crippen LogP contribution in [0.25, 0.3) is 0 Å². The van der Waals surface area contributed by atoms with Crippen molar-refractivity contribution in [3.05, 3.63) is 65.5 Å². The van der Waals surface area contributed by atoms with E-state index in [-0.39, 0.29) is 36.1 Å². The summed E-state index contributed by atoms with van der Waals surface area (Å²) in [6.45, 7) is 4.19. The van der Waals surface area contributed by atoms with E-state index in [1.54, 1.807) is 24.1 Å². The molecule has 5 rings (SSSR count). The lowest BCUT2D eigenvalue weighted by Gasteiger charge is -2.32. The van der Waals surface area contributed by atoms with Crippen LogP contribution in [0, 0.1) is 11.7 Å². The van der Waals surface area contributed by atoms with E-state index < -0.39 is 0 Å². The predicted octanol–water partition coefficient (Wildman–Crippen LogP) is 3.86. The van der Waals surface area contributed by atoms with Gasteiger partial charge in [-0.1, -0.05) is 25.0 Å². The maximum absolute atomic E-state index is 13.9. The molecule has 8 nitrogen and oxygen atoms in total. The first-order chi connectivity index (χ1) is 19.0. The van der Waals surface area contributed by atoms with Crippen LogP contribution in [0.15, 0.2) is 53.6 Å². The van der Waals surface area contributed by atoms with E-state index in [1.165, 1.54) is 17.1 Å². The van der Waals surface area contributed by atoms with Gasteiger partial charge in [-0.2, -0.15) is 5.10 Å². The predicted molar refractivity (Wildman–Crippen MR) is 146 cm³/mol. The fraction of sp³-hybridized carbons (Fsp3) is 0.500. The molecule has 2 aromatic carbocycles. The van der Waals surface area contributed by atoms with Crippen molar-refractivity contribution in [3.63, 3.8) is 0 Å². The smallest absolute Gasteiger partial charge is 0.262 e. The highest BCUT2D eigenvalue weighted by Crippen LogP contribution is 2.34. The van der Waals surface area contributed by atoms with Crippen molar-refractivity contribution in [2.45, 2.75) is 38.1 Å². The summed E-state index contributed by atoms with van der Waals surface area (Å²) >= 11 is 0. The topological polar surface area (TPSA) is 74.7 Å². The summed E-state index contributed by atoms with van der Waals surface area (Å²) in [5.74, 6) is 0.212. The highest BCUT2D eigenvalue weighted by Gasteiger charge is 2.36. The number of carbonyl (C=O) groups is 2. The Bertz CT molecular complexity index is 1160. The Balaban J connectivity index is 1.37. The number of hydrogen-bond donors (Lipinski definition) is 0. The van der Waals surface area contributed by atoms with Gasteiger partial charge in [-0.3, -0.25) is 14.5 Å². The Morgan fingerprint density at radius 2 is 1.74 bits per heavy atom. The second kappa shape index (κ2) is 12.7. The zero-order chi connectivity index (χ0) is 27.2. The summed E-state index contributed by atoms with van der Waals surface area (Å²) in [5, 5.41) is 6.25. The van der Waals surface area contributed by atoms with Gasteiger partial charge in [0.05, 0.1) is 32.1 Å². The number of carbonyl (C=O) groups excluding carboxylic acids is 2. The first-order valence-electron chi connectivity index (χ1n) is 13.9. The third-order valence-electron chi connectivity index (χ3n) is 7.98. The second-order valence-corrected chi connectivity index (χ2v) is 10.5. The molecule has 2 heterocycles. The Hall–Kier alpha value is -3.30. The molecule has 0 spiro atoms. The lowest BCUT2D eigenvalue weighted by Crippen LogP contribution is -2.47. The summed E-state index contributed by atoms with van der Waals surface area (Å²) in [4.78, 5) is 31.4. The highest BCUT2D eigenvalue weighted by molar-refractivity contribution is 6.03. The largest absolute Gasteiger partial charge is 0.497 e. The van der Waals surface area contributed by atoms with E-state index in [4.69, 9.17) is 14.6 Å². The molecule has 0 aromatic heterocycles. The van der Waals surface area contributed by atoms with Gasteiger partial charge < -0.3 is 14.4 Å². The molecule has 0 unspecified atom stereocenters. The van der Waals surface area contributed by atoms with E-state index in [0.717, 1.165) is 61.4 Å². The number of morpholine rings is 1. The molecule has 39 heavy (non-hydrogen) atoms. The molecule has 9 heteroatoms. The van der Waals surface area contributed by atoms with Gasteiger partial charge in [0.15, 0.2) is 0 Å². The van der Waals surface area contributed by atoms with E-state index in [9.17, 15) is 14.0 Å².